The summed E-state index contributed by atoms with van der Waals surface area (Å²) in [7, 11) is 0. The van der Waals surface area contributed by atoms with Crippen LogP contribution < -0.4 is 0 Å². The highest BCUT2D eigenvalue weighted by molar-refractivity contribution is 7.10. The molecule has 0 saturated carbocycles. The molecule has 0 saturated heterocycles. The summed E-state index contributed by atoms with van der Waals surface area (Å²) < 4.78 is 10.6. The fourth-order valence-electron chi connectivity index (χ4n) is 1.74. The summed E-state index contributed by atoms with van der Waals surface area (Å²) in [5, 5.41) is 11.1. The summed E-state index contributed by atoms with van der Waals surface area (Å²) in [6.45, 7) is 2.09. The van der Waals surface area contributed by atoms with E-state index in [-0.39, 0.29) is 12.2 Å². The highest BCUT2D eigenvalue weighted by Gasteiger charge is 2.24. The Morgan fingerprint density at radius 3 is 2.88 bits per heavy atom. The van der Waals surface area contributed by atoms with Crippen molar-refractivity contribution in [2.45, 2.75) is 32.0 Å². The average molecular weight is 235 g/mol. The normalized spacial score (nSPS) is 16.5. The first-order chi connectivity index (χ1) is 7.86. The van der Waals surface area contributed by atoms with Crippen LogP contribution in [0.25, 0.3) is 0 Å². The molecule has 2 heterocycles. The van der Waals surface area contributed by atoms with E-state index in [1.165, 1.54) is 12.5 Å². The Labute approximate surface area is 98.9 Å². The van der Waals surface area contributed by atoms with Crippen molar-refractivity contribution >= 4 is 11.3 Å². The minimum atomic E-state index is -0.367. The third kappa shape index (κ3) is 2.05. The van der Waals surface area contributed by atoms with E-state index in [9.17, 15) is 0 Å². The molecule has 3 nitrogen and oxygen atoms in total. The Morgan fingerprint density at radius 2 is 2.25 bits per heavy atom. The second-order valence-corrected chi connectivity index (χ2v) is 4.53. The molecule has 1 aromatic heterocycles. The monoisotopic (exact) mass is 235 g/mol. The van der Waals surface area contributed by atoms with Crippen molar-refractivity contribution in [2.75, 3.05) is 0 Å². The van der Waals surface area contributed by atoms with E-state index >= 15 is 0 Å². The molecule has 1 aliphatic rings. The van der Waals surface area contributed by atoms with Gasteiger partial charge in [0.1, 0.15) is 12.5 Å². The van der Waals surface area contributed by atoms with Crippen molar-refractivity contribution in [1.82, 2.24) is 0 Å². The van der Waals surface area contributed by atoms with Gasteiger partial charge in [-0.05, 0) is 17.9 Å². The Kier molecular flexibility index (Phi) is 3.47. The second kappa shape index (κ2) is 5.04. The van der Waals surface area contributed by atoms with Crippen LogP contribution in [0.3, 0.4) is 0 Å². The topological polar surface area (TPSA) is 42.2 Å². The summed E-state index contributed by atoms with van der Waals surface area (Å²) in [5.41, 5.74) is 0.981. The van der Waals surface area contributed by atoms with Crippen molar-refractivity contribution in [2.24, 2.45) is 0 Å². The first-order valence-corrected chi connectivity index (χ1v) is 6.17. The molecule has 1 atom stereocenters. The molecule has 1 aliphatic heterocycles. The molecule has 0 amide bonds. The first kappa shape index (κ1) is 11.0. The summed E-state index contributed by atoms with van der Waals surface area (Å²) in [6.07, 6.45) is 4.58. The predicted octanol–water partition coefficient (Wildman–Crippen LogP) is 3.67. The van der Waals surface area contributed by atoms with Crippen molar-refractivity contribution in [1.29, 1.82) is 5.26 Å². The van der Waals surface area contributed by atoms with E-state index in [1.807, 2.05) is 11.4 Å². The van der Waals surface area contributed by atoms with Crippen LogP contribution in [-0.2, 0) is 9.47 Å². The van der Waals surface area contributed by atoms with Crippen molar-refractivity contribution in [3.05, 3.63) is 34.4 Å². The highest BCUT2D eigenvalue weighted by atomic mass is 32.1. The van der Waals surface area contributed by atoms with Gasteiger partial charge in [0.15, 0.2) is 0 Å². The van der Waals surface area contributed by atoms with Gasteiger partial charge in [0.2, 0.25) is 0 Å². The lowest BCUT2D eigenvalue weighted by atomic mass is 10.0. The van der Waals surface area contributed by atoms with Gasteiger partial charge in [-0.25, -0.2) is 0 Å². The molecule has 0 aromatic carbocycles. The van der Waals surface area contributed by atoms with E-state index in [0.717, 1.165) is 23.3 Å². The third-order valence-corrected chi connectivity index (χ3v) is 3.54. The number of rotatable bonds is 4. The van der Waals surface area contributed by atoms with E-state index < -0.39 is 0 Å². The minimum Gasteiger partial charge on any atom is -0.455 e. The molecule has 2 rings (SSSR count). The molecule has 0 aliphatic carbocycles. The zero-order valence-corrected chi connectivity index (χ0v) is 9.87. The van der Waals surface area contributed by atoms with Gasteiger partial charge in [0.05, 0.1) is 12.0 Å². The number of ether oxygens (including phenoxy) is 2. The zero-order chi connectivity index (χ0) is 11.4. The molecule has 16 heavy (non-hydrogen) atoms. The first-order valence-electron chi connectivity index (χ1n) is 5.29. The van der Waals surface area contributed by atoms with Crippen LogP contribution in [-0.4, -0.2) is 0 Å². The van der Waals surface area contributed by atoms with Crippen molar-refractivity contribution in [3.63, 3.8) is 0 Å². The van der Waals surface area contributed by atoms with Gasteiger partial charge in [-0.3, -0.25) is 0 Å². The lowest BCUT2D eigenvalue weighted by Gasteiger charge is -2.13. The van der Waals surface area contributed by atoms with Crippen molar-refractivity contribution < 1.29 is 9.47 Å². The summed E-state index contributed by atoms with van der Waals surface area (Å²) in [6, 6.07) is 4.32. The molecule has 4 heteroatoms. The van der Waals surface area contributed by atoms with Crippen LogP contribution in [0, 0.1) is 11.3 Å². The summed E-state index contributed by atoms with van der Waals surface area (Å²) >= 11 is 1.60. The number of nitrogens with zero attached hydrogens (tertiary/aromatic N) is 1. The smallest absolute Gasteiger partial charge is 0.267 e. The Morgan fingerprint density at radius 1 is 1.50 bits per heavy atom. The van der Waals surface area contributed by atoms with Gasteiger partial charge < -0.3 is 9.47 Å². The molecular formula is C12H13NO2S. The standard InChI is InChI=1S/C12H13NO2S/c1-2-3-9(8-13)11-10(4-7-16-11)12-14-5-6-15-12/h4-7,9,12H,2-3H2,1H3. The van der Waals surface area contributed by atoms with E-state index in [0.29, 0.717) is 0 Å². The fourth-order valence-corrected chi connectivity index (χ4v) is 2.73. The lowest BCUT2D eigenvalue weighted by Crippen LogP contribution is -2.03. The molecule has 0 radical (unpaired) electrons. The fraction of sp³-hybridized carbons (Fsp3) is 0.417. The molecule has 1 unspecified atom stereocenters. The summed E-state index contributed by atoms with van der Waals surface area (Å²) in [4.78, 5) is 1.07. The Hall–Kier alpha value is -1.47. The van der Waals surface area contributed by atoms with Gasteiger partial charge >= 0.3 is 0 Å². The van der Waals surface area contributed by atoms with E-state index in [2.05, 4.69) is 13.0 Å². The second-order valence-electron chi connectivity index (χ2n) is 3.59. The van der Waals surface area contributed by atoms with Crippen molar-refractivity contribution in [3.8, 4) is 6.07 Å². The summed E-state index contributed by atoms with van der Waals surface area (Å²) in [5.74, 6) is -0.0483. The SMILES string of the molecule is CCCC(C#N)c1sccc1C1OC=CO1. The van der Waals surface area contributed by atoms with Gasteiger partial charge in [-0.2, -0.15) is 5.26 Å². The van der Waals surface area contributed by atoms with Gasteiger partial charge in [-0.1, -0.05) is 13.3 Å². The molecule has 84 valence electrons. The maximum atomic E-state index is 9.16. The molecule has 1 aromatic rings. The van der Waals surface area contributed by atoms with Gasteiger partial charge in [-0.15, -0.1) is 11.3 Å². The Balaban J connectivity index is 2.21. The Bertz CT molecular complexity index is 411. The van der Waals surface area contributed by atoms with Gasteiger partial charge in [0.25, 0.3) is 6.29 Å². The molecule has 0 bridgehead atoms. The number of thiophene rings is 1. The van der Waals surface area contributed by atoms with Crippen LogP contribution in [0.15, 0.2) is 24.0 Å². The van der Waals surface area contributed by atoms with Crippen LogP contribution in [0.2, 0.25) is 0 Å². The number of hydrogen-bond acceptors (Lipinski definition) is 4. The molecule has 0 fully saturated rings. The van der Waals surface area contributed by atoms with Crippen LogP contribution in [0.4, 0.5) is 0 Å². The number of nitriles is 1. The predicted molar refractivity (Wildman–Crippen MR) is 61.6 cm³/mol. The minimum absolute atomic E-state index is 0.0483. The van der Waals surface area contributed by atoms with Gasteiger partial charge in [0, 0.05) is 10.4 Å². The molecule has 0 spiro atoms. The molecular weight excluding hydrogens is 222 g/mol. The van der Waals surface area contributed by atoms with Crippen LogP contribution >= 0.6 is 11.3 Å². The average Bonchev–Trinajstić information content (AvgIpc) is 2.94. The lowest BCUT2D eigenvalue weighted by molar-refractivity contribution is -0.0249. The van der Waals surface area contributed by atoms with E-state index in [4.69, 9.17) is 14.7 Å². The molecule has 0 N–H and O–H groups in total. The quantitative estimate of drug-likeness (QED) is 0.799. The zero-order valence-electron chi connectivity index (χ0n) is 9.05. The largest absolute Gasteiger partial charge is 0.455 e. The van der Waals surface area contributed by atoms with Crippen LogP contribution in [0.5, 0.6) is 0 Å². The maximum absolute atomic E-state index is 9.16. The maximum Gasteiger partial charge on any atom is 0.267 e. The third-order valence-electron chi connectivity index (χ3n) is 2.49. The van der Waals surface area contributed by atoms with E-state index in [1.54, 1.807) is 11.3 Å². The number of hydrogen-bond donors (Lipinski definition) is 0. The van der Waals surface area contributed by atoms with Crippen LogP contribution in [0.1, 0.15) is 42.4 Å². The highest BCUT2D eigenvalue weighted by Crippen LogP contribution is 2.36.